The summed E-state index contributed by atoms with van der Waals surface area (Å²) in [7, 11) is 1.78. The monoisotopic (exact) mass is 333 g/mol. The van der Waals surface area contributed by atoms with Crippen LogP contribution in [0.2, 0.25) is 0 Å². The zero-order chi connectivity index (χ0) is 17.2. The minimum absolute atomic E-state index is 0.550. The number of fused-ring (bicyclic) bond motifs is 2. The van der Waals surface area contributed by atoms with Crippen LogP contribution in [-0.2, 0) is 6.54 Å². The van der Waals surface area contributed by atoms with Crippen LogP contribution in [0.3, 0.4) is 0 Å². The summed E-state index contributed by atoms with van der Waals surface area (Å²) in [6, 6.07) is 18.7. The van der Waals surface area contributed by atoms with Gasteiger partial charge in [-0.2, -0.15) is 0 Å². The number of ether oxygens (including phenoxy) is 1. The molecule has 1 fully saturated rings. The van der Waals surface area contributed by atoms with E-state index in [0.29, 0.717) is 12.1 Å². The number of rotatable bonds is 4. The predicted octanol–water partition coefficient (Wildman–Crippen LogP) is 5.21. The Kier molecular flexibility index (Phi) is 4.63. The van der Waals surface area contributed by atoms with Crippen LogP contribution in [0.4, 0.5) is 0 Å². The minimum Gasteiger partial charge on any atom is -0.496 e. The third-order valence-electron chi connectivity index (χ3n) is 5.69. The van der Waals surface area contributed by atoms with Gasteiger partial charge in [-0.25, -0.2) is 0 Å². The molecular weight excluding hydrogens is 306 g/mol. The molecule has 2 atom stereocenters. The van der Waals surface area contributed by atoms with E-state index in [-0.39, 0.29) is 0 Å². The van der Waals surface area contributed by atoms with Crippen molar-refractivity contribution in [3.05, 3.63) is 71.3 Å². The highest BCUT2D eigenvalue weighted by Gasteiger charge is 2.34. The Labute approximate surface area is 151 Å². The van der Waals surface area contributed by atoms with Gasteiger partial charge in [-0.05, 0) is 49.0 Å². The lowest BCUT2D eigenvalue weighted by Crippen LogP contribution is -2.47. The Morgan fingerprint density at radius 3 is 2.68 bits per heavy atom. The predicted molar refractivity (Wildman–Crippen MR) is 104 cm³/mol. The molecule has 4 rings (SSSR count). The zero-order valence-corrected chi connectivity index (χ0v) is 15.2. The molecule has 0 aromatic heterocycles. The summed E-state index contributed by atoms with van der Waals surface area (Å²) in [6.45, 7) is 3.18. The first-order valence-electron chi connectivity index (χ1n) is 9.40. The average molecular weight is 333 g/mol. The van der Waals surface area contributed by atoms with Crippen molar-refractivity contribution in [2.75, 3.05) is 7.11 Å². The van der Waals surface area contributed by atoms with Crippen LogP contribution in [0.25, 0.3) is 5.57 Å². The van der Waals surface area contributed by atoms with E-state index in [9.17, 15) is 0 Å². The van der Waals surface area contributed by atoms with E-state index in [0.717, 1.165) is 18.7 Å². The number of benzene rings is 2. The molecule has 2 heterocycles. The van der Waals surface area contributed by atoms with Gasteiger partial charge in [0.15, 0.2) is 0 Å². The number of aryl methyl sites for hydroxylation is 1. The van der Waals surface area contributed by atoms with Gasteiger partial charge in [-0.15, -0.1) is 0 Å². The molecule has 0 amide bonds. The van der Waals surface area contributed by atoms with E-state index in [2.05, 4.69) is 66.4 Å². The average Bonchev–Trinajstić information content (AvgIpc) is 2.62. The highest BCUT2D eigenvalue weighted by atomic mass is 16.5. The Morgan fingerprint density at radius 1 is 1.08 bits per heavy atom. The van der Waals surface area contributed by atoms with Crippen molar-refractivity contribution in [1.29, 1.82) is 0 Å². The van der Waals surface area contributed by atoms with Crippen LogP contribution in [0.1, 0.15) is 42.4 Å². The standard InChI is InChI=1S/C23H27NO/c1-17-11-12-22(23(13-17)25-2)19-14-20-9-6-10-21(15-19)24(20)16-18-7-4-3-5-8-18/h3-5,7-8,11-14,20-21H,6,9-10,15-16H2,1-2H3. The van der Waals surface area contributed by atoms with Crippen molar-refractivity contribution >= 4 is 5.57 Å². The van der Waals surface area contributed by atoms with Crippen LogP contribution in [0.5, 0.6) is 5.75 Å². The summed E-state index contributed by atoms with van der Waals surface area (Å²) in [5.74, 6) is 1.01. The van der Waals surface area contributed by atoms with Gasteiger partial charge in [-0.3, -0.25) is 4.90 Å². The lowest BCUT2D eigenvalue weighted by atomic mass is 9.82. The molecule has 2 aliphatic rings. The smallest absolute Gasteiger partial charge is 0.126 e. The van der Waals surface area contributed by atoms with Crippen molar-refractivity contribution in [2.24, 2.45) is 0 Å². The van der Waals surface area contributed by atoms with Crippen molar-refractivity contribution in [1.82, 2.24) is 4.90 Å². The molecule has 2 bridgehead atoms. The summed E-state index contributed by atoms with van der Waals surface area (Å²) in [6.07, 6.45) is 7.54. The highest BCUT2D eigenvalue weighted by molar-refractivity contribution is 5.72. The Bertz CT molecular complexity index is 765. The molecule has 2 unspecified atom stereocenters. The molecule has 2 aromatic carbocycles. The molecule has 2 aromatic rings. The van der Waals surface area contributed by atoms with Gasteiger partial charge >= 0.3 is 0 Å². The summed E-state index contributed by atoms with van der Waals surface area (Å²) in [5.41, 5.74) is 5.42. The van der Waals surface area contributed by atoms with Crippen LogP contribution in [0.15, 0.2) is 54.6 Å². The first-order valence-corrected chi connectivity index (χ1v) is 9.40. The van der Waals surface area contributed by atoms with Crippen LogP contribution in [-0.4, -0.2) is 24.1 Å². The SMILES string of the molecule is COc1cc(C)ccc1C1=CC2CCCC(C1)N2Cc1ccccc1. The molecule has 0 aliphatic carbocycles. The van der Waals surface area contributed by atoms with E-state index in [4.69, 9.17) is 4.74 Å². The lowest BCUT2D eigenvalue weighted by molar-refractivity contribution is 0.0951. The van der Waals surface area contributed by atoms with Gasteiger partial charge in [0.2, 0.25) is 0 Å². The second-order valence-corrected chi connectivity index (χ2v) is 7.41. The zero-order valence-electron chi connectivity index (χ0n) is 15.2. The molecule has 0 N–H and O–H groups in total. The maximum atomic E-state index is 5.67. The summed E-state index contributed by atoms with van der Waals surface area (Å²) in [4.78, 5) is 2.71. The highest BCUT2D eigenvalue weighted by Crippen LogP contribution is 2.40. The van der Waals surface area contributed by atoms with E-state index in [1.165, 1.54) is 41.5 Å². The fourth-order valence-corrected chi connectivity index (χ4v) is 4.42. The molecule has 1 saturated heterocycles. The van der Waals surface area contributed by atoms with E-state index < -0.39 is 0 Å². The Balaban J connectivity index is 1.63. The number of nitrogens with zero attached hydrogens (tertiary/aromatic N) is 1. The summed E-state index contributed by atoms with van der Waals surface area (Å²) in [5, 5.41) is 0. The van der Waals surface area contributed by atoms with Gasteiger partial charge in [0.05, 0.1) is 7.11 Å². The maximum Gasteiger partial charge on any atom is 0.126 e. The Hall–Kier alpha value is -2.06. The van der Waals surface area contributed by atoms with Crippen molar-refractivity contribution in [3.63, 3.8) is 0 Å². The van der Waals surface area contributed by atoms with E-state index in [1.54, 1.807) is 7.11 Å². The molecule has 130 valence electrons. The van der Waals surface area contributed by atoms with Crippen molar-refractivity contribution in [2.45, 2.75) is 51.2 Å². The second kappa shape index (κ2) is 7.05. The van der Waals surface area contributed by atoms with Crippen LogP contribution < -0.4 is 4.74 Å². The third kappa shape index (κ3) is 3.36. The van der Waals surface area contributed by atoms with Gasteiger partial charge in [0.25, 0.3) is 0 Å². The first-order chi connectivity index (χ1) is 12.2. The van der Waals surface area contributed by atoms with Gasteiger partial charge in [0, 0.05) is 24.2 Å². The molecule has 2 heteroatoms. The molecule has 0 spiro atoms. The number of piperidine rings is 1. The van der Waals surface area contributed by atoms with Crippen LogP contribution >= 0.6 is 0 Å². The van der Waals surface area contributed by atoms with Gasteiger partial charge < -0.3 is 4.74 Å². The van der Waals surface area contributed by atoms with Gasteiger partial charge in [-0.1, -0.05) is 55.0 Å². The topological polar surface area (TPSA) is 12.5 Å². The number of methoxy groups -OCH3 is 1. The molecule has 0 radical (unpaired) electrons. The minimum atomic E-state index is 0.550. The quantitative estimate of drug-likeness (QED) is 0.761. The number of hydrogen-bond acceptors (Lipinski definition) is 2. The summed E-state index contributed by atoms with van der Waals surface area (Å²) < 4.78 is 5.67. The fraction of sp³-hybridized carbons (Fsp3) is 0.391. The first kappa shape index (κ1) is 16.4. The lowest BCUT2D eigenvalue weighted by Gasteiger charge is -2.45. The molecule has 2 aliphatic heterocycles. The van der Waals surface area contributed by atoms with Gasteiger partial charge in [0.1, 0.15) is 5.75 Å². The van der Waals surface area contributed by atoms with Crippen molar-refractivity contribution < 1.29 is 4.74 Å². The molecular formula is C23H27NO. The second-order valence-electron chi connectivity index (χ2n) is 7.41. The number of hydrogen-bond donors (Lipinski definition) is 0. The normalized spacial score (nSPS) is 23.2. The fourth-order valence-electron chi connectivity index (χ4n) is 4.42. The molecule has 0 saturated carbocycles. The van der Waals surface area contributed by atoms with Crippen LogP contribution in [0, 0.1) is 6.92 Å². The largest absolute Gasteiger partial charge is 0.496 e. The van der Waals surface area contributed by atoms with E-state index in [1.807, 2.05) is 0 Å². The van der Waals surface area contributed by atoms with Crippen molar-refractivity contribution in [3.8, 4) is 5.75 Å². The maximum absolute atomic E-state index is 5.67. The van der Waals surface area contributed by atoms with E-state index >= 15 is 0 Å². The summed E-state index contributed by atoms with van der Waals surface area (Å²) >= 11 is 0. The molecule has 25 heavy (non-hydrogen) atoms. The third-order valence-corrected chi connectivity index (χ3v) is 5.69. The molecule has 2 nitrogen and oxygen atoms in total. The Morgan fingerprint density at radius 2 is 1.92 bits per heavy atom.